The van der Waals surface area contributed by atoms with E-state index in [1.54, 1.807) is 24.3 Å². The number of nitrogens with zero attached hydrogens (tertiary/aromatic N) is 2. The van der Waals surface area contributed by atoms with Crippen LogP contribution in [0.4, 0.5) is 21.0 Å². The maximum absolute atomic E-state index is 12.3. The number of fused-ring (bicyclic) bond motifs is 2. The summed E-state index contributed by atoms with van der Waals surface area (Å²) in [5.41, 5.74) is 7.70. The molecule has 0 bridgehead atoms. The van der Waals surface area contributed by atoms with Gasteiger partial charge in [0.1, 0.15) is 6.42 Å². The number of anilines is 2. The van der Waals surface area contributed by atoms with Gasteiger partial charge in [-0.3, -0.25) is 28.8 Å². The lowest BCUT2D eigenvalue weighted by Gasteiger charge is -2.33. The number of ether oxygens (including phenoxy) is 4. The molecule has 0 spiro atoms. The maximum Gasteiger partial charge on any atom is 0.331 e. The fourth-order valence-corrected chi connectivity index (χ4v) is 9.82. The van der Waals surface area contributed by atoms with Crippen LogP contribution in [-0.2, 0) is 60.8 Å². The molecule has 5 N–H and O–H groups in total. The molecule has 4 heterocycles. The molecule has 2 unspecified atom stereocenters. The number of rotatable bonds is 11. The Labute approximate surface area is 460 Å². The van der Waals surface area contributed by atoms with Crippen LogP contribution >= 0.6 is 46.4 Å². The van der Waals surface area contributed by atoms with Gasteiger partial charge in [-0.15, -0.1) is 0 Å². The number of ketones is 1. The van der Waals surface area contributed by atoms with E-state index in [1.807, 2.05) is 55.6 Å². The second-order valence-corrected chi connectivity index (χ2v) is 20.7. The summed E-state index contributed by atoms with van der Waals surface area (Å²) >= 11 is 25.3. The molecule has 4 aromatic rings. The zero-order chi connectivity index (χ0) is 54.9. The number of cyclic esters (lactones) is 4. The van der Waals surface area contributed by atoms with Gasteiger partial charge in [-0.2, -0.15) is 0 Å². The monoisotopic (exact) mass is 1130 g/mol. The van der Waals surface area contributed by atoms with Gasteiger partial charge in [0.15, 0.2) is 5.78 Å². The van der Waals surface area contributed by atoms with Crippen molar-refractivity contribution in [3.63, 3.8) is 0 Å². The van der Waals surface area contributed by atoms with Gasteiger partial charge >= 0.3 is 41.9 Å². The highest BCUT2D eigenvalue weighted by Crippen LogP contribution is 2.40. The first-order valence-corrected chi connectivity index (χ1v) is 25.0. The second kappa shape index (κ2) is 26.0. The van der Waals surface area contributed by atoms with Gasteiger partial charge in [0.25, 0.3) is 11.6 Å². The Bertz CT molecular complexity index is 2810. The molecular weight excluding hydrogens is 1070 g/mol. The first-order chi connectivity index (χ1) is 35.3. The van der Waals surface area contributed by atoms with Crippen molar-refractivity contribution in [2.45, 2.75) is 90.9 Å². The molecule has 76 heavy (non-hydrogen) atoms. The van der Waals surface area contributed by atoms with E-state index < -0.39 is 65.2 Å². The Morgan fingerprint density at radius 1 is 0.605 bits per heavy atom. The number of halogens is 4. The predicted octanol–water partition coefficient (Wildman–Crippen LogP) is 9.12. The Morgan fingerprint density at radius 3 is 1.37 bits per heavy atom. The van der Waals surface area contributed by atoms with Gasteiger partial charge in [0, 0.05) is 117 Å². The summed E-state index contributed by atoms with van der Waals surface area (Å²) in [5, 5.41) is 21.6. The molecule has 4 amide bonds. The van der Waals surface area contributed by atoms with Crippen molar-refractivity contribution < 1.29 is 62.4 Å². The van der Waals surface area contributed by atoms with Crippen molar-refractivity contribution in [1.29, 1.82) is 0 Å². The number of aliphatic carboxylic acids is 1. The zero-order valence-corrected chi connectivity index (χ0v) is 44.8. The standard InChI is InChI=1S/C26H27Cl2N3O6.C20H21Cl2N3O3.C6H8O4.CH4/c1-26(2)36-23(33)22(24(34)37-26)21(32)8-9-29-25(35)30-16-6-4-14(5-7-16)18-12-31(3)13-19-17(18)10-15(27)11-20(19)28;1-25-10-16(15-8-13(21)9-18(22)17(15)11-25)12-2-4-14(5-3-12)24-20(28)23-7-6-19(26)27;1-6(2)9-4(7)3-5(8)10-6;/h4-7,10-11,18,22H,8-9,12-13H2,1-3H3,(H2,29,30,35);2-5,8-9,16H,6-7,10-11H2,1H3,(H,26,27)(H2,23,24,28);3H2,1-2H3;1H4. The van der Waals surface area contributed by atoms with E-state index in [9.17, 15) is 38.4 Å². The number of carbonyl (C=O) groups is 8. The number of Topliss-reactive ketones (excluding diaryl/α,β-unsaturated/α-hetero) is 1. The Morgan fingerprint density at radius 2 is 0.987 bits per heavy atom. The summed E-state index contributed by atoms with van der Waals surface area (Å²) in [7, 11) is 4.09. The van der Waals surface area contributed by atoms with E-state index in [1.165, 1.54) is 27.7 Å². The quantitative estimate of drug-likeness (QED) is 0.0694. The molecule has 0 saturated carbocycles. The number of carbonyl (C=O) groups excluding carboxylic acids is 7. The summed E-state index contributed by atoms with van der Waals surface area (Å²) in [6, 6.07) is 21.5. The molecule has 4 aliphatic heterocycles. The first kappa shape index (κ1) is 60.4. The third-order valence-electron chi connectivity index (χ3n) is 11.9. The third kappa shape index (κ3) is 16.8. The summed E-state index contributed by atoms with van der Waals surface area (Å²) < 4.78 is 19.2. The minimum Gasteiger partial charge on any atom is -0.481 e. The van der Waals surface area contributed by atoms with Crippen LogP contribution in [0.2, 0.25) is 20.1 Å². The van der Waals surface area contributed by atoms with E-state index in [4.69, 9.17) is 61.0 Å². The van der Waals surface area contributed by atoms with Crippen LogP contribution in [0.1, 0.15) is 99.6 Å². The molecule has 4 aromatic carbocycles. The zero-order valence-electron chi connectivity index (χ0n) is 41.8. The lowest BCUT2D eigenvalue weighted by molar-refractivity contribution is -0.239. The van der Waals surface area contributed by atoms with Crippen molar-refractivity contribution in [2.24, 2.45) is 5.92 Å². The smallest absolute Gasteiger partial charge is 0.331 e. The molecule has 0 radical (unpaired) electrons. The predicted molar refractivity (Wildman–Crippen MR) is 285 cm³/mol. The number of likely N-dealkylation sites (N-methyl/N-ethyl adjacent to an activating group) is 2. The van der Waals surface area contributed by atoms with Gasteiger partial charge in [-0.05, 0) is 96.0 Å². The van der Waals surface area contributed by atoms with Crippen molar-refractivity contribution in [3.05, 3.63) is 126 Å². The largest absolute Gasteiger partial charge is 0.481 e. The highest BCUT2D eigenvalue weighted by molar-refractivity contribution is 6.36. The van der Waals surface area contributed by atoms with Crippen LogP contribution in [0.5, 0.6) is 0 Å². The fraction of sp³-hybridized carbons (Fsp3) is 0.396. The van der Waals surface area contributed by atoms with Crippen LogP contribution in [0.3, 0.4) is 0 Å². The lowest BCUT2D eigenvalue weighted by Crippen LogP contribution is -2.49. The van der Waals surface area contributed by atoms with Crippen LogP contribution in [0.15, 0.2) is 72.8 Å². The molecule has 19 nitrogen and oxygen atoms in total. The van der Waals surface area contributed by atoms with Gasteiger partial charge < -0.3 is 55.1 Å². The molecule has 2 fully saturated rings. The molecule has 408 valence electrons. The van der Waals surface area contributed by atoms with Crippen molar-refractivity contribution >= 4 is 105 Å². The first-order valence-electron chi connectivity index (χ1n) is 23.5. The Hall–Kier alpha value is -6.48. The number of hydrogen-bond donors (Lipinski definition) is 5. The lowest BCUT2D eigenvalue weighted by atomic mass is 9.85. The van der Waals surface area contributed by atoms with E-state index in [2.05, 4.69) is 47.6 Å². The summed E-state index contributed by atoms with van der Waals surface area (Å²) in [4.78, 5) is 96.5. The molecular formula is C53H60Cl4N6O13. The van der Waals surface area contributed by atoms with Crippen molar-refractivity contribution in [3.8, 4) is 0 Å². The molecule has 23 heteroatoms. The molecule has 0 aromatic heterocycles. The van der Waals surface area contributed by atoms with Crippen LogP contribution in [0, 0.1) is 5.92 Å². The minimum atomic E-state index is -1.64. The fourth-order valence-electron chi connectivity index (χ4n) is 8.68. The molecule has 2 saturated heterocycles. The Kier molecular flexibility index (Phi) is 20.7. The number of nitrogens with one attached hydrogen (secondary N) is 4. The highest BCUT2D eigenvalue weighted by Gasteiger charge is 2.47. The molecule has 4 aliphatic rings. The van der Waals surface area contributed by atoms with E-state index in [0.717, 1.165) is 59.6 Å². The normalized spacial score (nSPS) is 18.6. The van der Waals surface area contributed by atoms with Gasteiger partial charge in [0.2, 0.25) is 5.92 Å². The van der Waals surface area contributed by atoms with Gasteiger partial charge in [0.05, 0.1) is 6.42 Å². The van der Waals surface area contributed by atoms with E-state index in [0.29, 0.717) is 31.5 Å². The topological polar surface area (TPSA) is 248 Å². The van der Waals surface area contributed by atoms with Crippen LogP contribution in [0.25, 0.3) is 0 Å². The number of esters is 4. The number of benzene rings is 4. The SMILES string of the molecule is C.CC1(C)OC(=O)CC(=O)O1.CN1Cc2c(Cl)cc(Cl)cc2C(c2ccc(NC(=O)NCCC(=O)C3C(=O)OC(C)(C)OC3=O)cc2)C1.CN1Cc2c(Cl)cc(Cl)cc2C(c2ccc(NC(=O)NCCC(=O)O)cc2)C1. The van der Waals surface area contributed by atoms with Crippen LogP contribution in [-0.4, -0.2) is 114 Å². The van der Waals surface area contributed by atoms with Gasteiger partial charge in [-0.25, -0.2) is 9.59 Å². The third-order valence-corrected chi connectivity index (χ3v) is 13.0. The van der Waals surface area contributed by atoms with Crippen molar-refractivity contribution in [1.82, 2.24) is 20.4 Å². The summed E-state index contributed by atoms with van der Waals surface area (Å²) in [6.07, 6.45) is -0.628. The van der Waals surface area contributed by atoms with Crippen LogP contribution < -0.4 is 21.3 Å². The summed E-state index contributed by atoms with van der Waals surface area (Å²) in [5.74, 6) is -8.52. The maximum atomic E-state index is 12.3. The van der Waals surface area contributed by atoms with E-state index in [-0.39, 0.29) is 51.6 Å². The minimum absolute atomic E-state index is 0. The average Bonchev–Trinajstić information content (AvgIpc) is 3.28. The van der Waals surface area contributed by atoms with Crippen molar-refractivity contribution in [2.75, 3.05) is 50.9 Å². The number of amides is 4. The summed E-state index contributed by atoms with van der Waals surface area (Å²) in [6.45, 7) is 8.99. The molecule has 0 aliphatic carbocycles. The molecule has 8 rings (SSSR count). The highest BCUT2D eigenvalue weighted by atomic mass is 35.5. The van der Waals surface area contributed by atoms with E-state index >= 15 is 0 Å². The number of carboxylic acids is 1. The average molecular weight is 1130 g/mol. The number of urea groups is 2. The second-order valence-electron chi connectivity index (χ2n) is 19.0. The molecule has 2 atom stereocenters. The van der Waals surface area contributed by atoms with Gasteiger partial charge in [-0.1, -0.05) is 78.1 Å². The number of hydrogen-bond acceptors (Lipinski definition) is 14. The Balaban J connectivity index is 0.000000240. The number of carboxylic acid groups (broad SMARTS) is 1.